The second kappa shape index (κ2) is 7.63. The van der Waals surface area contributed by atoms with Crippen LogP contribution in [0.1, 0.15) is 33.1 Å². The first-order chi connectivity index (χ1) is 7.68. The highest BCUT2D eigenvalue weighted by molar-refractivity contribution is 5.71. The van der Waals surface area contributed by atoms with Gasteiger partial charge in [-0.1, -0.05) is 0 Å². The predicted molar refractivity (Wildman–Crippen MR) is 62.3 cm³/mol. The zero-order chi connectivity index (χ0) is 11.8. The van der Waals surface area contributed by atoms with Crippen molar-refractivity contribution in [2.45, 2.75) is 39.2 Å². The van der Waals surface area contributed by atoms with Gasteiger partial charge in [-0.3, -0.25) is 4.79 Å². The highest BCUT2D eigenvalue weighted by atomic mass is 16.5. The number of hydrogen-bond acceptors (Lipinski definition) is 4. The zero-order valence-electron chi connectivity index (χ0n) is 10.3. The summed E-state index contributed by atoms with van der Waals surface area (Å²) in [5.41, 5.74) is 0. The SMILES string of the molecule is CC(C)OC(=O)CNCCCOCC1CC1. The number of carbonyl (C=O) groups excluding carboxylic acids is 1. The van der Waals surface area contributed by atoms with Crippen LogP contribution in [-0.4, -0.2) is 38.4 Å². The number of carbonyl (C=O) groups is 1. The van der Waals surface area contributed by atoms with Gasteiger partial charge in [-0.25, -0.2) is 0 Å². The van der Waals surface area contributed by atoms with E-state index in [0.29, 0.717) is 6.54 Å². The summed E-state index contributed by atoms with van der Waals surface area (Å²) >= 11 is 0. The topological polar surface area (TPSA) is 47.6 Å². The van der Waals surface area contributed by atoms with Crippen molar-refractivity contribution in [3.8, 4) is 0 Å². The molecule has 4 heteroatoms. The first-order valence-electron chi connectivity index (χ1n) is 6.16. The third kappa shape index (κ3) is 7.65. The van der Waals surface area contributed by atoms with Gasteiger partial charge in [-0.05, 0) is 45.6 Å². The Morgan fingerprint density at radius 2 is 2.19 bits per heavy atom. The molecule has 0 atom stereocenters. The van der Waals surface area contributed by atoms with Crippen LogP contribution >= 0.6 is 0 Å². The quantitative estimate of drug-likeness (QED) is 0.479. The smallest absolute Gasteiger partial charge is 0.320 e. The van der Waals surface area contributed by atoms with Crippen LogP contribution in [0.2, 0.25) is 0 Å². The fourth-order valence-corrected chi connectivity index (χ4v) is 1.33. The first-order valence-corrected chi connectivity index (χ1v) is 6.16. The summed E-state index contributed by atoms with van der Waals surface area (Å²) in [4.78, 5) is 11.1. The molecule has 0 aromatic carbocycles. The minimum absolute atomic E-state index is 0.0313. The summed E-state index contributed by atoms with van der Waals surface area (Å²) in [5, 5.41) is 3.04. The Balaban J connectivity index is 1.77. The average Bonchev–Trinajstić information content (AvgIpc) is 2.99. The first kappa shape index (κ1) is 13.5. The highest BCUT2D eigenvalue weighted by Gasteiger charge is 2.20. The maximum absolute atomic E-state index is 11.1. The van der Waals surface area contributed by atoms with Crippen molar-refractivity contribution in [3.05, 3.63) is 0 Å². The summed E-state index contributed by atoms with van der Waals surface area (Å²) < 4.78 is 10.5. The van der Waals surface area contributed by atoms with E-state index >= 15 is 0 Å². The molecule has 0 unspecified atom stereocenters. The average molecular weight is 229 g/mol. The Kier molecular flexibility index (Phi) is 6.42. The lowest BCUT2D eigenvalue weighted by Crippen LogP contribution is -2.27. The number of esters is 1. The lowest BCUT2D eigenvalue weighted by atomic mass is 10.4. The van der Waals surface area contributed by atoms with Crippen LogP contribution in [0.3, 0.4) is 0 Å². The Morgan fingerprint density at radius 1 is 1.44 bits per heavy atom. The van der Waals surface area contributed by atoms with Crippen LogP contribution in [0.4, 0.5) is 0 Å². The molecule has 1 rings (SSSR count). The molecular weight excluding hydrogens is 206 g/mol. The van der Waals surface area contributed by atoms with E-state index in [1.165, 1.54) is 12.8 Å². The summed E-state index contributed by atoms with van der Waals surface area (Å²) in [6.45, 7) is 6.49. The molecule has 1 saturated carbocycles. The summed E-state index contributed by atoms with van der Waals surface area (Å²) in [7, 11) is 0. The fraction of sp³-hybridized carbons (Fsp3) is 0.917. The molecule has 0 amide bonds. The van der Waals surface area contributed by atoms with E-state index < -0.39 is 0 Å². The second-order valence-electron chi connectivity index (χ2n) is 4.59. The standard InChI is InChI=1S/C12H23NO3/c1-10(2)16-12(14)8-13-6-3-7-15-9-11-4-5-11/h10-11,13H,3-9H2,1-2H3. The largest absolute Gasteiger partial charge is 0.462 e. The van der Waals surface area contributed by atoms with Gasteiger partial charge in [0, 0.05) is 13.2 Å². The minimum atomic E-state index is -0.186. The van der Waals surface area contributed by atoms with Crippen molar-refractivity contribution in [2.24, 2.45) is 5.92 Å². The molecular formula is C12H23NO3. The predicted octanol–water partition coefficient (Wildman–Crippen LogP) is 1.34. The molecule has 94 valence electrons. The van der Waals surface area contributed by atoms with Crippen LogP contribution in [0.15, 0.2) is 0 Å². The van der Waals surface area contributed by atoms with E-state index in [1.54, 1.807) is 0 Å². The van der Waals surface area contributed by atoms with Crippen molar-refractivity contribution in [2.75, 3.05) is 26.3 Å². The molecule has 0 aromatic rings. The van der Waals surface area contributed by atoms with Gasteiger partial charge in [0.2, 0.25) is 0 Å². The van der Waals surface area contributed by atoms with Crippen molar-refractivity contribution in [1.82, 2.24) is 5.32 Å². The highest BCUT2D eigenvalue weighted by Crippen LogP contribution is 2.28. The Labute approximate surface area is 97.7 Å². The molecule has 0 heterocycles. The van der Waals surface area contributed by atoms with E-state index in [2.05, 4.69) is 5.32 Å². The van der Waals surface area contributed by atoms with Crippen molar-refractivity contribution in [3.63, 3.8) is 0 Å². The van der Waals surface area contributed by atoms with E-state index in [1.807, 2.05) is 13.8 Å². The Bertz CT molecular complexity index is 202. The van der Waals surface area contributed by atoms with Gasteiger partial charge < -0.3 is 14.8 Å². The summed E-state index contributed by atoms with van der Waals surface area (Å²) in [5.74, 6) is 0.642. The van der Waals surface area contributed by atoms with Crippen molar-refractivity contribution >= 4 is 5.97 Å². The summed E-state index contributed by atoms with van der Waals surface area (Å²) in [6, 6.07) is 0. The van der Waals surface area contributed by atoms with Gasteiger partial charge in [-0.2, -0.15) is 0 Å². The van der Waals surface area contributed by atoms with Gasteiger partial charge in [0.05, 0.1) is 12.6 Å². The molecule has 0 aliphatic heterocycles. The monoisotopic (exact) mass is 229 g/mol. The number of ether oxygens (including phenoxy) is 2. The van der Waals surface area contributed by atoms with Crippen LogP contribution < -0.4 is 5.32 Å². The van der Waals surface area contributed by atoms with Gasteiger partial charge in [0.25, 0.3) is 0 Å². The fourth-order valence-electron chi connectivity index (χ4n) is 1.33. The van der Waals surface area contributed by atoms with Crippen LogP contribution in [-0.2, 0) is 14.3 Å². The normalized spacial score (nSPS) is 15.4. The number of rotatable bonds is 9. The molecule has 1 fully saturated rings. The van der Waals surface area contributed by atoms with E-state index in [4.69, 9.17) is 9.47 Å². The second-order valence-corrected chi connectivity index (χ2v) is 4.59. The Hall–Kier alpha value is -0.610. The number of hydrogen-bond donors (Lipinski definition) is 1. The van der Waals surface area contributed by atoms with Gasteiger partial charge in [-0.15, -0.1) is 0 Å². The van der Waals surface area contributed by atoms with Crippen LogP contribution in [0.5, 0.6) is 0 Å². The van der Waals surface area contributed by atoms with E-state index in [9.17, 15) is 4.79 Å². The van der Waals surface area contributed by atoms with Crippen LogP contribution in [0.25, 0.3) is 0 Å². The van der Waals surface area contributed by atoms with E-state index in [0.717, 1.165) is 32.1 Å². The third-order valence-electron chi connectivity index (χ3n) is 2.33. The molecule has 0 saturated heterocycles. The molecule has 1 aliphatic carbocycles. The number of nitrogens with one attached hydrogen (secondary N) is 1. The molecule has 1 aliphatic rings. The van der Waals surface area contributed by atoms with Gasteiger partial charge in [0.15, 0.2) is 0 Å². The van der Waals surface area contributed by atoms with Crippen molar-refractivity contribution < 1.29 is 14.3 Å². The Morgan fingerprint density at radius 3 is 2.81 bits per heavy atom. The van der Waals surface area contributed by atoms with Gasteiger partial charge >= 0.3 is 5.97 Å². The van der Waals surface area contributed by atoms with Gasteiger partial charge in [0.1, 0.15) is 0 Å². The zero-order valence-corrected chi connectivity index (χ0v) is 10.3. The third-order valence-corrected chi connectivity index (χ3v) is 2.33. The van der Waals surface area contributed by atoms with E-state index in [-0.39, 0.29) is 12.1 Å². The molecule has 1 N–H and O–H groups in total. The van der Waals surface area contributed by atoms with Crippen molar-refractivity contribution in [1.29, 1.82) is 0 Å². The minimum Gasteiger partial charge on any atom is -0.462 e. The summed E-state index contributed by atoms with van der Waals surface area (Å²) in [6.07, 6.45) is 3.58. The molecule has 0 radical (unpaired) electrons. The molecule has 0 spiro atoms. The molecule has 4 nitrogen and oxygen atoms in total. The molecule has 16 heavy (non-hydrogen) atoms. The molecule has 0 bridgehead atoms. The molecule has 0 aromatic heterocycles. The maximum Gasteiger partial charge on any atom is 0.320 e. The van der Waals surface area contributed by atoms with Crippen LogP contribution in [0, 0.1) is 5.92 Å². The maximum atomic E-state index is 11.1. The lowest BCUT2D eigenvalue weighted by molar-refractivity contribution is -0.146. The lowest BCUT2D eigenvalue weighted by Gasteiger charge is -2.08.